The van der Waals surface area contributed by atoms with Gasteiger partial charge in [0.25, 0.3) is 5.91 Å². The molecular weight excluding hydrogens is 334 g/mol. The molecule has 0 aliphatic carbocycles. The Morgan fingerprint density at radius 2 is 1.77 bits per heavy atom. The lowest BCUT2D eigenvalue weighted by Gasteiger charge is -2.22. The smallest absolute Gasteiger partial charge is 0.344 e. The largest absolute Gasteiger partial charge is 0.497 e. The number of methoxy groups -OCH3 is 1. The predicted octanol–water partition coefficient (Wildman–Crippen LogP) is 1.74. The summed E-state index contributed by atoms with van der Waals surface area (Å²) in [5.41, 5.74) is 2.55. The zero-order valence-corrected chi connectivity index (χ0v) is 14.5. The molecule has 2 aromatic rings. The highest BCUT2D eigenvalue weighted by Gasteiger charge is 2.49. The predicted molar refractivity (Wildman–Crippen MR) is 94.0 cm³/mol. The first-order chi connectivity index (χ1) is 12.4. The molecule has 26 heavy (non-hydrogen) atoms. The second-order valence-electron chi connectivity index (χ2n) is 6.12. The Kier molecular flexibility index (Phi) is 4.62. The topological polar surface area (TPSA) is 87.7 Å². The Labute approximate surface area is 150 Å². The van der Waals surface area contributed by atoms with Crippen molar-refractivity contribution >= 4 is 17.8 Å². The lowest BCUT2D eigenvalue weighted by atomic mass is 9.92. The van der Waals surface area contributed by atoms with Crippen LogP contribution in [0.2, 0.25) is 0 Å². The van der Waals surface area contributed by atoms with Crippen LogP contribution in [0.15, 0.2) is 54.6 Å². The number of nitrogens with one attached hydrogen (secondary N) is 2. The summed E-state index contributed by atoms with van der Waals surface area (Å²) in [4.78, 5) is 37.2. The fraction of sp³-hybridized carbons (Fsp3) is 0.211. The number of urea groups is 1. The molecule has 134 valence electrons. The standard InChI is InChI=1S/C19H19N3O4/c1-19(14-6-4-3-5-7-14)17(24)22(18(25)20-19)21-16(23)12-13-8-10-15(26-2)11-9-13/h3-11H,12H2,1-2H3,(H,20,25)(H,21,23)/t19-/m1/s1. The summed E-state index contributed by atoms with van der Waals surface area (Å²) in [5, 5.41) is 3.37. The number of carbonyl (C=O) groups excluding carboxylic acids is 3. The van der Waals surface area contributed by atoms with E-state index in [9.17, 15) is 14.4 Å². The van der Waals surface area contributed by atoms with Gasteiger partial charge in [0.15, 0.2) is 0 Å². The van der Waals surface area contributed by atoms with Crippen LogP contribution < -0.4 is 15.5 Å². The fourth-order valence-electron chi connectivity index (χ4n) is 2.80. The molecule has 1 aliphatic rings. The Bertz CT molecular complexity index is 836. The summed E-state index contributed by atoms with van der Waals surface area (Å²) in [6.45, 7) is 1.61. The Morgan fingerprint density at radius 3 is 2.38 bits per heavy atom. The van der Waals surface area contributed by atoms with E-state index >= 15 is 0 Å². The van der Waals surface area contributed by atoms with Gasteiger partial charge in [-0.2, -0.15) is 5.01 Å². The summed E-state index contributed by atoms with van der Waals surface area (Å²) in [5.74, 6) is -0.311. The molecule has 1 atom stereocenters. The molecule has 0 unspecified atom stereocenters. The highest BCUT2D eigenvalue weighted by Crippen LogP contribution is 2.27. The van der Waals surface area contributed by atoms with Gasteiger partial charge in [0, 0.05) is 0 Å². The first kappa shape index (κ1) is 17.5. The van der Waals surface area contributed by atoms with Gasteiger partial charge >= 0.3 is 6.03 Å². The summed E-state index contributed by atoms with van der Waals surface area (Å²) >= 11 is 0. The highest BCUT2D eigenvalue weighted by atomic mass is 16.5. The van der Waals surface area contributed by atoms with Crippen molar-refractivity contribution in [3.8, 4) is 5.75 Å². The monoisotopic (exact) mass is 353 g/mol. The molecule has 0 bridgehead atoms. The van der Waals surface area contributed by atoms with Crippen molar-refractivity contribution in [1.29, 1.82) is 0 Å². The van der Waals surface area contributed by atoms with Crippen molar-refractivity contribution < 1.29 is 19.1 Å². The van der Waals surface area contributed by atoms with Crippen LogP contribution in [0.5, 0.6) is 5.75 Å². The molecule has 1 aliphatic heterocycles. The van der Waals surface area contributed by atoms with Crippen molar-refractivity contribution in [1.82, 2.24) is 15.8 Å². The molecule has 1 heterocycles. The van der Waals surface area contributed by atoms with Gasteiger partial charge in [0.05, 0.1) is 13.5 Å². The van der Waals surface area contributed by atoms with Gasteiger partial charge in [0.2, 0.25) is 5.91 Å². The maximum absolute atomic E-state index is 12.7. The van der Waals surface area contributed by atoms with Crippen LogP contribution in [0.3, 0.4) is 0 Å². The average molecular weight is 353 g/mol. The quantitative estimate of drug-likeness (QED) is 0.802. The van der Waals surface area contributed by atoms with E-state index in [1.807, 2.05) is 6.07 Å². The molecule has 0 radical (unpaired) electrons. The fourth-order valence-corrected chi connectivity index (χ4v) is 2.80. The van der Waals surface area contributed by atoms with Gasteiger partial charge in [0.1, 0.15) is 11.3 Å². The highest BCUT2D eigenvalue weighted by molar-refractivity contribution is 6.08. The second-order valence-corrected chi connectivity index (χ2v) is 6.12. The lowest BCUT2D eigenvalue weighted by Crippen LogP contribution is -2.48. The van der Waals surface area contributed by atoms with Crippen molar-refractivity contribution in [3.05, 3.63) is 65.7 Å². The normalized spacial score (nSPS) is 19.2. The average Bonchev–Trinajstić information content (AvgIpc) is 2.87. The molecule has 1 saturated heterocycles. The minimum atomic E-state index is -1.22. The molecular formula is C19H19N3O4. The number of nitrogens with zero attached hydrogens (tertiary/aromatic N) is 1. The van der Waals surface area contributed by atoms with Gasteiger partial charge in [-0.05, 0) is 30.2 Å². The first-order valence-electron chi connectivity index (χ1n) is 8.08. The SMILES string of the molecule is COc1ccc(CC(=O)NN2C(=O)N[C@](C)(c3ccccc3)C2=O)cc1. The van der Waals surface area contributed by atoms with Crippen LogP contribution in [0.25, 0.3) is 0 Å². The van der Waals surface area contributed by atoms with Crippen molar-refractivity contribution in [3.63, 3.8) is 0 Å². The molecule has 1 fully saturated rings. The Morgan fingerprint density at radius 1 is 1.12 bits per heavy atom. The minimum Gasteiger partial charge on any atom is -0.497 e. The maximum atomic E-state index is 12.7. The molecule has 2 aromatic carbocycles. The Balaban J connectivity index is 1.70. The number of hydrogen-bond acceptors (Lipinski definition) is 4. The summed E-state index contributed by atoms with van der Waals surface area (Å²) in [7, 11) is 1.56. The van der Waals surface area contributed by atoms with Crippen LogP contribution in [-0.4, -0.2) is 30.0 Å². The van der Waals surface area contributed by atoms with Crippen molar-refractivity contribution in [2.24, 2.45) is 0 Å². The molecule has 3 rings (SSSR count). The van der Waals surface area contributed by atoms with E-state index in [-0.39, 0.29) is 6.42 Å². The number of carbonyl (C=O) groups is 3. The number of hydrazine groups is 1. The molecule has 4 amide bonds. The number of rotatable bonds is 5. The summed E-state index contributed by atoms with van der Waals surface area (Å²) in [6.07, 6.45) is 0.0309. The molecule has 7 nitrogen and oxygen atoms in total. The van der Waals surface area contributed by atoms with E-state index in [0.717, 1.165) is 10.6 Å². The summed E-state index contributed by atoms with van der Waals surface area (Å²) in [6, 6.07) is 15.2. The third-order valence-electron chi connectivity index (χ3n) is 4.30. The number of ether oxygens (including phenoxy) is 1. The van der Waals surface area contributed by atoms with Gasteiger partial charge < -0.3 is 10.1 Å². The number of benzene rings is 2. The second kappa shape index (κ2) is 6.87. The molecule has 0 aromatic heterocycles. The first-order valence-corrected chi connectivity index (χ1v) is 8.08. The van der Waals surface area contributed by atoms with E-state index in [0.29, 0.717) is 11.3 Å². The third-order valence-corrected chi connectivity index (χ3v) is 4.30. The molecule has 0 saturated carbocycles. The van der Waals surface area contributed by atoms with Crippen molar-refractivity contribution in [2.45, 2.75) is 18.9 Å². The van der Waals surface area contributed by atoms with Gasteiger partial charge in [-0.15, -0.1) is 0 Å². The van der Waals surface area contributed by atoms with Crippen LogP contribution in [0.1, 0.15) is 18.1 Å². The zero-order valence-electron chi connectivity index (χ0n) is 14.5. The van der Waals surface area contributed by atoms with Crippen LogP contribution in [-0.2, 0) is 21.5 Å². The lowest BCUT2D eigenvalue weighted by molar-refractivity contribution is -0.138. The van der Waals surface area contributed by atoms with Gasteiger partial charge in [-0.3, -0.25) is 15.0 Å². The number of hydrogen-bond donors (Lipinski definition) is 2. The van der Waals surface area contributed by atoms with E-state index in [2.05, 4.69) is 10.7 Å². The van der Waals surface area contributed by atoms with E-state index < -0.39 is 23.4 Å². The third kappa shape index (κ3) is 3.23. The van der Waals surface area contributed by atoms with E-state index in [1.165, 1.54) is 0 Å². The van der Waals surface area contributed by atoms with Crippen LogP contribution >= 0.6 is 0 Å². The van der Waals surface area contributed by atoms with Crippen LogP contribution in [0, 0.1) is 0 Å². The number of amides is 4. The molecule has 7 heteroatoms. The molecule has 2 N–H and O–H groups in total. The maximum Gasteiger partial charge on any atom is 0.344 e. The van der Waals surface area contributed by atoms with Gasteiger partial charge in [-0.1, -0.05) is 42.5 Å². The van der Waals surface area contributed by atoms with E-state index in [1.54, 1.807) is 62.6 Å². The Hall–Kier alpha value is -3.35. The van der Waals surface area contributed by atoms with Crippen molar-refractivity contribution in [2.75, 3.05) is 7.11 Å². The summed E-state index contributed by atoms with van der Waals surface area (Å²) < 4.78 is 5.07. The van der Waals surface area contributed by atoms with Crippen LogP contribution in [0.4, 0.5) is 4.79 Å². The van der Waals surface area contributed by atoms with E-state index in [4.69, 9.17) is 4.74 Å². The zero-order chi connectivity index (χ0) is 18.7. The number of imide groups is 1. The van der Waals surface area contributed by atoms with Gasteiger partial charge in [-0.25, -0.2) is 4.79 Å². The molecule has 0 spiro atoms. The minimum absolute atomic E-state index is 0.0309.